The number of benzene rings is 1. The van der Waals surface area contributed by atoms with Gasteiger partial charge in [-0.05, 0) is 6.07 Å². The first kappa shape index (κ1) is 15.7. The van der Waals surface area contributed by atoms with Gasteiger partial charge in [-0.2, -0.15) is 0 Å². The van der Waals surface area contributed by atoms with Crippen molar-refractivity contribution in [3.8, 4) is 0 Å². The highest BCUT2D eigenvalue weighted by molar-refractivity contribution is 6.19. The lowest BCUT2D eigenvalue weighted by molar-refractivity contribution is -0.329. The van der Waals surface area contributed by atoms with E-state index in [9.17, 15) is 25.5 Å². The number of aliphatic hydroxyl groups is 5. The van der Waals surface area contributed by atoms with Crippen molar-refractivity contribution in [3.63, 3.8) is 0 Å². The molecule has 7 nitrogen and oxygen atoms in total. The van der Waals surface area contributed by atoms with Crippen LogP contribution in [-0.4, -0.2) is 60.7 Å². The Kier molecular flexibility index (Phi) is 3.90. The lowest BCUT2D eigenvalue weighted by Gasteiger charge is -2.47. The van der Waals surface area contributed by atoms with Crippen molar-refractivity contribution in [2.24, 2.45) is 0 Å². The molecule has 6 atom stereocenters. The van der Waals surface area contributed by atoms with Crippen LogP contribution >= 0.6 is 11.6 Å². The number of aliphatic hydroxyl groups excluding tert-OH is 4. The second-order valence-corrected chi connectivity index (χ2v) is 5.77. The van der Waals surface area contributed by atoms with E-state index in [1.54, 1.807) is 24.3 Å². The van der Waals surface area contributed by atoms with Gasteiger partial charge in [0.05, 0.1) is 0 Å². The lowest BCUT2D eigenvalue weighted by atomic mass is 9.78. The Morgan fingerprint density at radius 3 is 2.55 bits per heavy atom. The standard InChI is InChI=1S/C14H16ClNO6/c15-12(19)9-10(17)14(21,11(18)13(20)22-9)7-5-16-8-4-2-1-3-6(7)8/h1-5,9-13,16-21H/t9-,10+,11-,12?,13+,14-/m0/s1. The minimum absolute atomic E-state index is 0.174. The van der Waals surface area contributed by atoms with Gasteiger partial charge in [-0.3, -0.25) is 0 Å². The number of para-hydroxylation sites is 1. The van der Waals surface area contributed by atoms with Crippen molar-refractivity contribution in [1.29, 1.82) is 0 Å². The Morgan fingerprint density at radius 1 is 1.18 bits per heavy atom. The van der Waals surface area contributed by atoms with Crippen molar-refractivity contribution in [2.75, 3.05) is 0 Å². The topological polar surface area (TPSA) is 126 Å². The SMILES string of the molecule is OC(Cl)[C@H]1O[C@@H](O)[C@H](O)[C@](O)(c2c[nH]c3ccccc23)[C@@H]1O. The van der Waals surface area contributed by atoms with E-state index >= 15 is 0 Å². The number of fused-ring (bicyclic) bond motifs is 1. The second-order valence-electron chi connectivity index (χ2n) is 5.33. The maximum absolute atomic E-state index is 10.9. The normalized spacial score (nSPS) is 37.4. The fourth-order valence-electron chi connectivity index (χ4n) is 2.89. The number of hydrogen-bond acceptors (Lipinski definition) is 6. The van der Waals surface area contributed by atoms with Crippen LogP contribution in [-0.2, 0) is 10.3 Å². The van der Waals surface area contributed by atoms with Crippen molar-refractivity contribution >= 4 is 22.5 Å². The number of nitrogens with one attached hydrogen (secondary N) is 1. The molecule has 120 valence electrons. The van der Waals surface area contributed by atoms with Crippen LogP contribution in [0.25, 0.3) is 10.9 Å². The van der Waals surface area contributed by atoms with Crippen molar-refractivity contribution < 1.29 is 30.3 Å². The molecule has 1 aliphatic rings. The van der Waals surface area contributed by atoms with Crippen LogP contribution in [0.4, 0.5) is 0 Å². The second kappa shape index (κ2) is 5.47. The predicted octanol–water partition coefficient (Wildman–Crippen LogP) is -0.648. The average molecular weight is 330 g/mol. The summed E-state index contributed by atoms with van der Waals surface area (Å²) < 4.78 is 4.88. The molecule has 2 heterocycles. The third-order valence-electron chi connectivity index (χ3n) is 4.07. The predicted molar refractivity (Wildman–Crippen MR) is 76.9 cm³/mol. The van der Waals surface area contributed by atoms with Gasteiger partial charge in [0.1, 0.15) is 18.3 Å². The van der Waals surface area contributed by atoms with Crippen LogP contribution in [0, 0.1) is 0 Å². The van der Waals surface area contributed by atoms with E-state index in [1.807, 2.05) is 0 Å². The van der Waals surface area contributed by atoms with Gasteiger partial charge in [-0.25, -0.2) is 0 Å². The Balaban J connectivity index is 2.15. The highest BCUT2D eigenvalue weighted by atomic mass is 35.5. The van der Waals surface area contributed by atoms with E-state index in [1.165, 1.54) is 6.20 Å². The molecule has 1 aliphatic heterocycles. The third kappa shape index (κ3) is 2.14. The first-order valence-electron chi connectivity index (χ1n) is 6.68. The van der Waals surface area contributed by atoms with Crippen molar-refractivity contribution in [3.05, 3.63) is 36.0 Å². The molecule has 0 spiro atoms. The van der Waals surface area contributed by atoms with Crippen LogP contribution in [0.2, 0.25) is 0 Å². The first-order chi connectivity index (χ1) is 10.4. The summed E-state index contributed by atoms with van der Waals surface area (Å²) >= 11 is 5.53. The first-order valence-corrected chi connectivity index (χ1v) is 7.11. The molecule has 1 saturated heterocycles. The smallest absolute Gasteiger partial charge is 0.184 e. The fourth-order valence-corrected chi connectivity index (χ4v) is 3.09. The average Bonchev–Trinajstić information content (AvgIpc) is 2.93. The number of ether oxygens (including phenoxy) is 1. The van der Waals surface area contributed by atoms with Gasteiger partial charge in [0.2, 0.25) is 0 Å². The number of aromatic amines is 1. The quantitative estimate of drug-likeness (QED) is 0.407. The van der Waals surface area contributed by atoms with Crippen molar-refractivity contribution in [2.45, 2.75) is 35.8 Å². The maximum atomic E-state index is 10.9. The minimum atomic E-state index is -2.27. The van der Waals surface area contributed by atoms with Crippen LogP contribution in [0.15, 0.2) is 30.5 Å². The molecule has 0 saturated carbocycles. The van der Waals surface area contributed by atoms with Crippen molar-refractivity contribution in [1.82, 2.24) is 4.98 Å². The molecule has 8 heteroatoms. The molecule has 1 fully saturated rings. The summed E-state index contributed by atoms with van der Waals surface area (Å²) in [6.45, 7) is 0. The summed E-state index contributed by atoms with van der Waals surface area (Å²) in [6, 6.07) is 6.95. The monoisotopic (exact) mass is 329 g/mol. The largest absolute Gasteiger partial charge is 0.387 e. The van der Waals surface area contributed by atoms with Crippen LogP contribution in [0.1, 0.15) is 5.56 Å². The molecule has 0 amide bonds. The van der Waals surface area contributed by atoms with Crippen LogP contribution < -0.4 is 0 Å². The Bertz CT molecular complexity index is 676. The molecule has 6 N–H and O–H groups in total. The van der Waals surface area contributed by atoms with E-state index in [-0.39, 0.29) is 5.56 Å². The Morgan fingerprint density at radius 2 is 1.86 bits per heavy atom. The van der Waals surface area contributed by atoms with Crippen LogP contribution in [0.3, 0.4) is 0 Å². The van der Waals surface area contributed by atoms with E-state index < -0.39 is 35.8 Å². The summed E-state index contributed by atoms with van der Waals surface area (Å²) in [5, 5.41) is 51.3. The molecule has 0 aliphatic carbocycles. The molecular formula is C14H16ClNO6. The molecule has 0 bridgehead atoms. The zero-order valence-corrected chi connectivity index (χ0v) is 12.1. The summed E-state index contributed by atoms with van der Waals surface area (Å²) in [6.07, 6.45) is -5.45. The van der Waals surface area contributed by atoms with Crippen LogP contribution in [0.5, 0.6) is 0 Å². The van der Waals surface area contributed by atoms with E-state index in [2.05, 4.69) is 4.98 Å². The molecule has 22 heavy (non-hydrogen) atoms. The molecule has 3 rings (SSSR count). The lowest BCUT2D eigenvalue weighted by Crippen LogP contribution is -2.66. The van der Waals surface area contributed by atoms with Gasteiger partial charge in [0.15, 0.2) is 17.5 Å². The summed E-state index contributed by atoms with van der Waals surface area (Å²) in [5.41, 5.74) is -3.09. The van der Waals surface area contributed by atoms with E-state index in [0.717, 1.165) is 0 Å². The Labute approximate surface area is 130 Å². The number of alkyl halides is 1. The van der Waals surface area contributed by atoms with E-state index in [0.29, 0.717) is 10.9 Å². The van der Waals surface area contributed by atoms with Gasteiger partial charge < -0.3 is 35.3 Å². The highest BCUT2D eigenvalue weighted by Crippen LogP contribution is 2.41. The number of hydrogen-bond donors (Lipinski definition) is 6. The van der Waals surface area contributed by atoms with Gasteiger partial charge >= 0.3 is 0 Å². The fraction of sp³-hybridized carbons (Fsp3) is 0.429. The summed E-state index contributed by atoms with van der Waals surface area (Å²) in [7, 11) is 0. The zero-order valence-electron chi connectivity index (χ0n) is 11.3. The molecule has 2 aromatic rings. The van der Waals surface area contributed by atoms with E-state index in [4.69, 9.17) is 16.3 Å². The summed E-state index contributed by atoms with van der Waals surface area (Å²) in [5.74, 6) is 0. The third-order valence-corrected chi connectivity index (χ3v) is 4.32. The molecule has 1 unspecified atom stereocenters. The van der Waals surface area contributed by atoms with Gasteiger partial charge in [0.25, 0.3) is 0 Å². The Hall–Kier alpha value is -1.19. The zero-order chi connectivity index (χ0) is 16.1. The molecule has 1 aromatic heterocycles. The van der Waals surface area contributed by atoms with Gasteiger partial charge in [-0.1, -0.05) is 29.8 Å². The number of halogens is 1. The number of aromatic nitrogens is 1. The highest BCUT2D eigenvalue weighted by Gasteiger charge is 2.57. The number of H-pyrrole nitrogens is 1. The molecular weight excluding hydrogens is 314 g/mol. The summed E-state index contributed by atoms with van der Waals surface area (Å²) in [4.78, 5) is 2.91. The maximum Gasteiger partial charge on any atom is 0.184 e. The number of rotatable bonds is 2. The molecule has 0 radical (unpaired) electrons. The minimum Gasteiger partial charge on any atom is -0.387 e. The van der Waals surface area contributed by atoms with Gasteiger partial charge in [0, 0.05) is 22.7 Å². The van der Waals surface area contributed by atoms with Gasteiger partial charge in [-0.15, -0.1) is 0 Å². The molecule has 1 aromatic carbocycles.